The van der Waals surface area contributed by atoms with Crippen molar-refractivity contribution in [2.75, 3.05) is 5.75 Å². The second kappa shape index (κ2) is 3.54. The molecule has 1 aromatic carbocycles. The molecular weight excluding hydrogens is 180 g/mol. The van der Waals surface area contributed by atoms with Crippen molar-refractivity contribution in [2.24, 2.45) is 0 Å². The van der Waals surface area contributed by atoms with E-state index in [0.29, 0.717) is 12.3 Å². The minimum Gasteiger partial charge on any atom is -0.303 e. The molecule has 0 N–H and O–H groups in total. The monoisotopic (exact) mass is 192 g/mol. The molecule has 0 aliphatic carbocycles. The number of rotatable bonds is 2. The van der Waals surface area contributed by atoms with Gasteiger partial charge in [-0.05, 0) is 24.1 Å². The highest BCUT2D eigenvalue weighted by atomic mass is 32.2. The molecule has 0 saturated heterocycles. The van der Waals surface area contributed by atoms with Gasteiger partial charge >= 0.3 is 0 Å². The standard InChI is InChI=1S/C11H12OS/c1-8-3-2-4-10-11(8)9(5-6-12)7-13-10/h2-4,6,9H,5,7H2,1H3. The topological polar surface area (TPSA) is 17.1 Å². The molecule has 13 heavy (non-hydrogen) atoms. The number of aryl methyl sites for hydroxylation is 1. The number of thioether (sulfide) groups is 1. The molecule has 1 heterocycles. The van der Waals surface area contributed by atoms with Crippen molar-refractivity contribution >= 4 is 18.0 Å². The van der Waals surface area contributed by atoms with E-state index in [1.165, 1.54) is 16.0 Å². The molecule has 0 amide bonds. The molecule has 0 aromatic heterocycles. The number of aldehydes is 1. The van der Waals surface area contributed by atoms with Gasteiger partial charge in [0.15, 0.2) is 0 Å². The Labute approximate surface area is 82.5 Å². The Bertz CT molecular complexity index is 333. The van der Waals surface area contributed by atoms with Crippen LogP contribution >= 0.6 is 11.8 Å². The lowest BCUT2D eigenvalue weighted by Gasteiger charge is -2.09. The van der Waals surface area contributed by atoms with Gasteiger partial charge in [-0.2, -0.15) is 0 Å². The number of carbonyl (C=O) groups is 1. The van der Waals surface area contributed by atoms with Crippen LogP contribution in [0.3, 0.4) is 0 Å². The number of fused-ring (bicyclic) bond motifs is 1. The van der Waals surface area contributed by atoms with Gasteiger partial charge in [0.1, 0.15) is 6.29 Å². The highest BCUT2D eigenvalue weighted by Crippen LogP contribution is 2.42. The fourth-order valence-corrected chi connectivity index (χ4v) is 3.22. The van der Waals surface area contributed by atoms with E-state index in [2.05, 4.69) is 25.1 Å². The average Bonchev–Trinajstić information content (AvgIpc) is 2.51. The molecule has 1 aromatic rings. The van der Waals surface area contributed by atoms with Crippen LogP contribution in [0.25, 0.3) is 0 Å². The third-order valence-electron chi connectivity index (χ3n) is 2.51. The Morgan fingerprint density at radius 3 is 3.23 bits per heavy atom. The molecule has 0 radical (unpaired) electrons. The molecule has 0 fully saturated rings. The molecule has 0 saturated carbocycles. The summed E-state index contributed by atoms with van der Waals surface area (Å²) in [5, 5.41) is 0. The minimum absolute atomic E-state index is 0.457. The molecule has 1 aliphatic heterocycles. The van der Waals surface area contributed by atoms with Gasteiger partial charge in [0.25, 0.3) is 0 Å². The summed E-state index contributed by atoms with van der Waals surface area (Å²) in [5.74, 6) is 1.53. The van der Waals surface area contributed by atoms with Crippen molar-refractivity contribution in [3.8, 4) is 0 Å². The van der Waals surface area contributed by atoms with Gasteiger partial charge in [0, 0.05) is 23.0 Å². The maximum absolute atomic E-state index is 10.5. The first-order valence-corrected chi connectivity index (χ1v) is 5.47. The molecule has 1 atom stereocenters. The van der Waals surface area contributed by atoms with E-state index in [4.69, 9.17) is 0 Å². The molecule has 68 valence electrons. The molecule has 1 unspecified atom stereocenters. The molecule has 0 spiro atoms. The summed E-state index contributed by atoms with van der Waals surface area (Å²) < 4.78 is 0. The highest BCUT2D eigenvalue weighted by molar-refractivity contribution is 7.99. The van der Waals surface area contributed by atoms with E-state index in [9.17, 15) is 4.79 Å². The molecule has 1 nitrogen and oxygen atoms in total. The van der Waals surface area contributed by atoms with Crippen molar-refractivity contribution in [1.82, 2.24) is 0 Å². The first-order chi connectivity index (χ1) is 6.33. The number of benzene rings is 1. The van der Waals surface area contributed by atoms with Crippen molar-refractivity contribution in [3.63, 3.8) is 0 Å². The lowest BCUT2D eigenvalue weighted by atomic mass is 9.94. The number of hydrogen-bond donors (Lipinski definition) is 0. The molecule has 0 bridgehead atoms. The van der Waals surface area contributed by atoms with Crippen LogP contribution in [0.4, 0.5) is 0 Å². The highest BCUT2D eigenvalue weighted by Gasteiger charge is 2.23. The number of carbonyl (C=O) groups excluding carboxylic acids is 1. The fourth-order valence-electron chi connectivity index (χ4n) is 1.88. The Kier molecular flexibility index (Phi) is 2.40. The Morgan fingerprint density at radius 2 is 2.46 bits per heavy atom. The van der Waals surface area contributed by atoms with Crippen molar-refractivity contribution in [3.05, 3.63) is 29.3 Å². The lowest BCUT2D eigenvalue weighted by Crippen LogP contribution is -1.99. The second-order valence-corrected chi connectivity index (χ2v) is 4.46. The Hall–Kier alpha value is -0.760. The quantitative estimate of drug-likeness (QED) is 0.670. The van der Waals surface area contributed by atoms with E-state index in [-0.39, 0.29) is 0 Å². The zero-order valence-electron chi connectivity index (χ0n) is 7.62. The second-order valence-electron chi connectivity index (χ2n) is 3.40. The molecular formula is C11H12OS. The lowest BCUT2D eigenvalue weighted by molar-refractivity contribution is -0.108. The summed E-state index contributed by atoms with van der Waals surface area (Å²) in [6, 6.07) is 6.37. The first kappa shape index (κ1) is 8.82. The maximum atomic E-state index is 10.5. The van der Waals surface area contributed by atoms with Crippen LogP contribution in [0.2, 0.25) is 0 Å². The van der Waals surface area contributed by atoms with Crippen LogP contribution in [0.5, 0.6) is 0 Å². The van der Waals surface area contributed by atoms with E-state index in [1.54, 1.807) is 0 Å². The summed E-state index contributed by atoms with van der Waals surface area (Å²) in [6.07, 6.45) is 1.71. The average molecular weight is 192 g/mol. The van der Waals surface area contributed by atoms with Crippen LogP contribution in [-0.2, 0) is 4.79 Å². The van der Waals surface area contributed by atoms with Gasteiger partial charge in [-0.25, -0.2) is 0 Å². The van der Waals surface area contributed by atoms with E-state index < -0.39 is 0 Å². The Balaban J connectivity index is 2.39. The molecule has 2 heteroatoms. The van der Waals surface area contributed by atoms with Crippen molar-refractivity contribution < 1.29 is 4.79 Å². The van der Waals surface area contributed by atoms with Gasteiger partial charge in [-0.3, -0.25) is 0 Å². The van der Waals surface area contributed by atoms with Crippen molar-refractivity contribution in [2.45, 2.75) is 24.2 Å². The first-order valence-electron chi connectivity index (χ1n) is 4.49. The maximum Gasteiger partial charge on any atom is 0.120 e. The third-order valence-corrected chi connectivity index (χ3v) is 3.75. The number of hydrogen-bond acceptors (Lipinski definition) is 2. The van der Waals surface area contributed by atoms with E-state index >= 15 is 0 Å². The van der Waals surface area contributed by atoms with Gasteiger partial charge in [-0.1, -0.05) is 12.1 Å². The summed E-state index contributed by atoms with van der Waals surface area (Å²) in [4.78, 5) is 11.8. The van der Waals surface area contributed by atoms with Gasteiger partial charge in [-0.15, -0.1) is 11.8 Å². The molecule has 2 rings (SSSR count). The third kappa shape index (κ3) is 1.51. The summed E-state index contributed by atoms with van der Waals surface area (Å²) in [5.41, 5.74) is 2.73. The van der Waals surface area contributed by atoms with Crippen molar-refractivity contribution in [1.29, 1.82) is 0 Å². The smallest absolute Gasteiger partial charge is 0.120 e. The predicted octanol–water partition coefficient (Wildman–Crippen LogP) is 2.77. The summed E-state index contributed by atoms with van der Waals surface area (Å²) in [6.45, 7) is 2.13. The summed E-state index contributed by atoms with van der Waals surface area (Å²) in [7, 11) is 0. The fraction of sp³-hybridized carbons (Fsp3) is 0.364. The van der Waals surface area contributed by atoms with Crippen LogP contribution in [0.15, 0.2) is 23.1 Å². The van der Waals surface area contributed by atoms with Gasteiger partial charge in [0.2, 0.25) is 0 Å². The Morgan fingerprint density at radius 1 is 1.62 bits per heavy atom. The minimum atomic E-state index is 0.457. The van der Waals surface area contributed by atoms with Crippen LogP contribution < -0.4 is 0 Å². The van der Waals surface area contributed by atoms with Gasteiger partial charge in [0.05, 0.1) is 0 Å². The van der Waals surface area contributed by atoms with Crippen LogP contribution in [0, 0.1) is 6.92 Å². The largest absolute Gasteiger partial charge is 0.303 e. The zero-order chi connectivity index (χ0) is 9.26. The van der Waals surface area contributed by atoms with Gasteiger partial charge < -0.3 is 4.79 Å². The van der Waals surface area contributed by atoms with Crippen LogP contribution in [0.1, 0.15) is 23.5 Å². The SMILES string of the molecule is Cc1cccc2c1C(CC=O)CS2. The molecule has 1 aliphatic rings. The van der Waals surface area contributed by atoms with E-state index in [0.717, 1.165) is 12.0 Å². The summed E-state index contributed by atoms with van der Waals surface area (Å²) >= 11 is 1.87. The zero-order valence-corrected chi connectivity index (χ0v) is 8.43. The van der Waals surface area contributed by atoms with E-state index in [1.807, 2.05) is 11.8 Å². The predicted molar refractivity (Wildman–Crippen MR) is 55.3 cm³/mol. The van der Waals surface area contributed by atoms with Crippen LogP contribution in [-0.4, -0.2) is 12.0 Å². The normalized spacial score (nSPS) is 19.9.